The Morgan fingerprint density at radius 1 is 0.944 bits per heavy atom. The molecular formula is C28H44O8. The second-order valence-electron chi connectivity index (χ2n) is 8.77. The van der Waals surface area contributed by atoms with E-state index < -0.39 is 34.7 Å². The second kappa shape index (κ2) is 16.7. The van der Waals surface area contributed by atoms with Crippen molar-refractivity contribution in [2.75, 3.05) is 26.4 Å². The van der Waals surface area contributed by atoms with E-state index in [-0.39, 0.29) is 32.8 Å². The molecular weight excluding hydrogens is 464 g/mol. The van der Waals surface area contributed by atoms with Crippen molar-refractivity contribution in [1.29, 1.82) is 0 Å². The molecule has 0 aromatic carbocycles. The molecule has 8 heteroatoms. The van der Waals surface area contributed by atoms with Crippen molar-refractivity contribution in [2.24, 2.45) is 10.8 Å². The first kappa shape index (κ1) is 33.1. The Balaban J connectivity index is 0.000000684. The molecule has 36 heavy (non-hydrogen) atoms. The fourth-order valence-electron chi connectivity index (χ4n) is 4.09. The summed E-state index contributed by atoms with van der Waals surface area (Å²) < 4.78 is 20.2. The molecule has 0 aliphatic heterocycles. The van der Waals surface area contributed by atoms with Gasteiger partial charge in [-0.15, -0.1) is 13.2 Å². The summed E-state index contributed by atoms with van der Waals surface area (Å²) >= 11 is 0. The minimum absolute atomic E-state index is 0.226. The quantitative estimate of drug-likeness (QED) is 0.144. The van der Waals surface area contributed by atoms with E-state index in [1.165, 1.54) is 0 Å². The van der Waals surface area contributed by atoms with E-state index in [9.17, 15) is 19.2 Å². The summed E-state index contributed by atoms with van der Waals surface area (Å²) in [6.45, 7) is 19.0. The van der Waals surface area contributed by atoms with Gasteiger partial charge in [0.1, 0.15) is 0 Å². The minimum Gasteiger partial charge on any atom is -0.465 e. The predicted molar refractivity (Wildman–Crippen MR) is 138 cm³/mol. The van der Waals surface area contributed by atoms with E-state index >= 15 is 0 Å². The third-order valence-corrected chi connectivity index (χ3v) is 5.69. The first-order chi connectivity index (χ1) is 17.0. The van der Waals surface area contributed by atoms with Crippen molar-refractivity contribution >= 4 is 23.9 Å². The van der Waals surface area contributed by atoms with Crippen LogP contribution in [-0.2, 0) is 38.1 Å². The van der Waals surface area contributed by atoms with Crippen LogP contribution in [0.4, 0.5) is 0 Å². The number of carbonyl (C=O) groups excluding carboxylic acids is 4. The molecule has 0 aromatic rings. The molecule has 0 saturated heterocycles. The molecule has 204 valence electrons. The van der Waals surface area contributed by atoms with Crippen molar-refractivity contribution in [3.8, 4) is 0 Å². The normalized spacial score (nSPS) is 14.2. The van der Waals surface area contributed by atoms with Crippen LogP contribution >= 0.6 is 0 Å². The van der Waals surface area contributed by atoms with Crippen LogP contribution in [-0.4, -0.2) is 50.3 Å². The zero-order valence-corrected chi connectivity index (χ0v) is 22.9. The van der Waals surface area contributed by atoms with Crippen molar-refractivity contribution in [1.82, 2.24) is 0 Å². The lowest BCUT2D eigenvalue weighted by Gasteiger charge is -2.31. The third kappa shape index (κ3) is 9.28. The number of hydrogen-bond acceptors (Lipinski definition) is 8. The molecule has 0 unspecified atom stereocenters. The highest BCUT2D eigenvalue weighted by molar-refractivity contribution is 6.01. The van der Waals surface area contributed by atoms with Gasteiger partial charge in [0, 0.05) is 0 Å². The molecule has 0 spiro atoms. The second-order valence-corrected chi connectivity index (χ2v) is 8.77. The van der Waals surface area contributed by atoms with Gasteiger partial charge in [-0.1, -0.05) is 23.3 Å². The van der Waals surface area contributed by atoms with Crippen molar-refractivity contribution in [2.45, 2.75) is 80.1 Å². The summed E-state index contributed by atoms with van der Waals surface area (Å²) in [6.07, 6.45) is 6.41. The SMILES string of the molecule is C=CCCC(CC(=C)C)(C(=O)OCC)C(=O)OCC.CCOC(=O)C1(C(=O)OCC)CCC=C(C)C1. The summed E-state index contributed by atoms with van der Waals surface area (Å²) in [5.41, 5.74) is -0.640. The monoisotopic (exact) mass is 508 g/mol. The first-order valence-corrected chi connectivity index (χ1v) is 12.6. The molecule has 8 nitrogen and oxygen atoms in total. The zero-order valence-electron chi connectivity index (χ0n) is 22.9. The predicted octanol–water partition coefficient (Wildman–Crippen LogP) is 5.26. The largest absolute Gasteiger partial charge is 0.465 e. The number of rotatable bonds is 13. The van der Waals surface area contributed by atoms with Crippen LogP contribution in [0.15, 0.2) is 36.5 Å². The molecule has 0 fully saturated rings. The van der Waals surface area contributed by atoms with Gasteiger partial charge in [0.05, 0.1) is 26.4 Å². The number of carbonyl (C=O) groups is 4. The summed E-state index contributed by atoms with van der Waals surface area (Å²) in [5.74, 6) is -1.99. The van der Waals surface area contributed by atoms with E-state index in [4.69, 9.17) is 18.9 Å². The fourth-order valence-corrected chi connectivity index (χ4v) is 4.09. The Morgan fingerprint density at radius 2 is 1.42 bits per heavy atom. The third-order valence-electron chi connectivity index (χ3n) is 5.69. The van der Waals surface area contributed by atoms with Gasteiger partial charge >= 0.3 is 23.9 Å². The molecule has 0 amide bonds. The molecule has 1 aliphatic rings. The minimum atomic E-state index is -1.30. The lowest BCUT2D eigenvalue weighted by Crippen LogP contribution is -2.43. The lowest BCUT2D eigenvalue weighted by molar-refractivity contribution is -0.174. The van der Waals surface area contributed by atoms with E-state index in [0.717, 1.165) is 11.1 Å². The molecule has 0 N–H and O–H groups in total. The zero-order chi connectivity index (χ0) is 27.8. The van der Waals surface area contributed by atoms with Crippen LogP contribution in [0.1, 0.15) is 80.1 Å². The number of hydrogen-bond donors (Lipinski definition) is 0. The topological polar surface area (TPSA) is 105 Å². The number of allylic oxidation sites excluding steroid dienone is 4. The highest BCUT2D eigenvalue weighted by Gasteiger charge is 2.49. The highest BCUT2D eigenvalue weighted by atomic mass is 16.6. The maximum atomic E-state index is 12.2. The Kier molecular flexibility index (Phi) is 15.4. The molecule has 0 radical (unpaired) electrons. The highest BCUT2D eigenvalue weighted by Crippen LogP contribution is 2.39. The lowest BCUT2D eigenvalue weighted by atomic mass is 9.74. The van der Waals surface area contributed by atoms with Gasteiger partial charge < -0.3 is 18.9 Å². The van der Waals surface area contributed by atoms with Crippen LogP contribution in [0, 0.1) is 10.8 Å². The molecule has 0 aromatic heterocycles. The van der Waals surface area contributed by atoms with Crippen molar-refractivity contribution < 1.29 is 38.1 Å². The smallest absolute Gasteiger partial charge is 0.323 e. The summed E-state index contributed by atoms with van der Waals surface area (Å²) in [5, 5.41) is 0. The summed E-state index contributed by atoms with van der Waals surface area (Å²) in [7, 11) is 0. The van der Waals surface area contributed by atoms with Crippen LogP contribution in [0.25, 0.3) is 0 Å². The van der Waals surface area contributed by atoms with E-state index in [1.807, 2.05) is 6.92 Å². The number of ether oxygens (including phenoxy) is 4. The van der Waals surface area contributed by atoms with Gasteiger partial charge in [0.2, 0.25) is 0 Å². The Hall–Kier alpha value is -2.90. The van der Waals surface area contributed by atoms with Crippen LogP contribution in [0.5, 0.6) is 0 Å². The van der Waals surface area contributed by atoms with Crippen LogP contribution in [0.2, 0.25) is 0 Å². The summed E-state index contributed by atoms with van der Waals surface area (Å²) in [6, 6.07) is 0. The maximum absolute atomic E-state index is 12.2. The van der Waals surface area contributed by atoms with Crippen molar-refractivity contribution in [3.63, 3.8) is 0 Å². The van der Waals surface area contributed by atoms with Gasteiger partial charge in [0.15, 0.2) is 10.8 Å². The Morgan fingerprint density at radius 3 is 1.78 bits per heavy atom. The molecule has 1 rings (SSSR count). The van der Waals surface area contributed by atoms with E-state index in [2.05, 4.69) is 19.2 Å². The van der Waals surface area contributed by atoms with E-state index in [0.29, 0.717) is 32.1 Å². The van der Waals surface area contributed by atoms with E-state index in [1.54, 1.807) is 40.7 Å². The maximum Gasteiger partial charge on any atom is 0.323 e. The van der Waals surface area contributed by atoms with Crippen LogP contribution < -0.4 is 0 Å². The first-order valence-electron chi connectivity index (χ1n) is 12.6. The van der Waals surface area contributed by atoms with Gasteiger partial charge in [-0.3, -0.25) is 19.2 Å². The molecule has 0 heterocycles. The van der Waals surface area contributed by atoms with Gasteiger partial charge in [-0.2, -0.15) is 0 Å². The van der Waals surface area contributed by atoms with Crippen molar-refractivity contribution in [3.05, 3.63) is 36.5 Å². The average molecular weight is 509 g/mol. The standard InChI is InChI=1S/C15H24O4.C13H20O4/c1-6-9-10-15(11-12(4)5,13(16)18-7-2)14(17)19-8-3;1-4-16-11(14)13(12(15)17-5-2)8-6-7-10(3)9-13/h6H,1,4,7-11H2,2-3,5H3;7H,4-6,8-9H2,1-3H3. The van der Waals surface area contributed by atoms with Gasteiger partial charge in [0.25, 0.3) is 0 Å². The molecule has 0 saturated carbocycles. The average Bonchev–Trinajstić information content (AvgIpc) is 2.82. The molecule has 1 aliphatic carbocycles. The van der Waals surface area contributed by atoms with Gasteiger partial charge in [-0.25, -0.2) is 0 Å². The Bertz CT molecular complexity index is 772. The number of esters is 4. The van der Waals surface area contributed by atoms with Gasteiger partial charge in [-0.05, 0) is 80.1 Å². The fraction of sp³-hybridized carbons (Fsp3) is 0.643. The molecule has 0 atom stereocenters. The summed E-state index contributed by atoms with van der Waals surface area (Å²) in [4.78, 5) is 48.5. The Labute approximate surface area is 216 Å². The molecule has 0 bridgehead atoms. The van der Waals surface area contributed by atoms with Crippen LogP contribution in [0.3, 0.4) is 0 Å².